The minimum absolute atomic E-state index is 0.196. The van der Waals surface area contributed by atoms with E-state index in [1.165, 1.54) is 0 Å². The van der Waals surface area contributed by atoms with Crippen molar-refractivity contribution in [3.63, 3.8) is 0 Å². The molecule has 0 spiro atoms. The predicted molar refractivity (Wildman–Crippen MR) is 118 cm³/mol. The predicted octanol–water partition coefficient (Wildman–Crippen LogP) is 2.14. The van der Waals surface area contributed by atoms with Gasteiger partial charge in [0, 0.05) is 0 Å². The fraction of sp³-hybridized carbons (Fsp3) is 1.00. The number of rotatable bonds is 25. The first-order valence-electron chi connectivity index (χ1n) is 11.3. The maximum atomic E-state index is 6.21. The van der Waals surface area contributed by atoms with Crippen LogP contribution in [-0.2, 0) is 38.8 Å². The molecule has 0 bridgehead atoms. The molecule has 0 aliphatic rings. The van der Waals surface area contributed by atoms with Gasteiger partial charge < -0.3 is 0 Å². The van der Waals surface area contributed by atoms with Gasteiger partial charge in [0.1, 0.15) is 0 Å². The van der Waals surface area contributed by atoms with Crippen LogP contribution < -0.4 is 0 Å². The van der Waals surface area contributed by atoms with E-state index >= 15 is 0 Å². The zero-order chi connectivity index (χ0) is 23.1. The Morgan fingerprint density at radius 1 is 0.323 bits per heavy atom. The molecule has 0 aromatic rings. The van der Waals surface area contributed by atoms with Crippen molar-refractivity contribution in [1.29, 1.82) is 0 Å². The molecular weight excluding hydrogens is 522 g/mol. The van der Waals surface area contributed by atoms with Crippen LogP contribution in [0.25, 0.3) is 0 Å². The number of hydrogen-bond acceptors (Lipinski definition) is 10. The summed E-state index contributed by atoms with van der Waals surface area (Å²) >= 11 is -5.51. The summed E-state index contributed by atoms with van der Waals surface area (Å²) in [6.45, 7) is 15.2. The minimum atomic E-state index is -5.51. The van der Waals surface area contributed by atoms with Crippen LogP contribution >= 0.6 is 0 Å². The van der Waals surface area contributed by atoms with Gasteiger partial charge in [0.15, 0.2) is 0 Å². The summed E-state index contributed by atoms with van der Waals surface area (Å²) in [5.41, 5.74) is 0. The van der Waals surface area contributed by atoms with Crippen LogP contribution in [0.4, 0.5) is 0 Å². The van der Waals surface area contributed by atoms with Gasteiger partial charge in [-0.05, 0) is 0 Å². The Labute approximate surface area is 191 Å². The van der Waals surface area contributed by atoms with Crippen molar-refractivity contribution in [3.05, 3.63) is 0 Å². The van der Waals surface area contributed by atoms with Crippen LogP contribution in [0.2, 0.25) is 0 Å². The van der Waals surface area contributed by atoms with Gasteiger partial charge in [0.25, 0.3) is 0 Å². The van der Waals surface area contributed by atoms with Crippen molar-refractivity contribution in [2.75, 3.05) is 99.1 Å². The topological polar surface area (TPSA) is 92.3 Å². The van der Waals surface area contributed by atoms with E-state index < -0.39 is 19.5 Å². The van der Waals surface area contributed by atoms with Crippen molar-refractivity contribution >= 4 is 19.5 Å². The van der Waals surface area contributed by atoms with Gasteiger partial charge in [-0.1, -0.05) is 0 Å². The van der Waals surface area contributed by atoms with Gasteiger partial charge in [0.05, 0.1) is 0 Å². The Morgan fingerprint density at radius 3 is 0.677 bits per heavy atom. The van der Waals surface area contributed by atoms with Gasteiger partial charge in [-0.15, -0.1) is 0 Å². The van der Waals surface area contributed by atoms with Crippen LogP contribution in [0, 0.1) is 0 Å². The average Bonchev–Trinajstić information content (AvgIpc) is 2.78. The van der Waals surface area contributed by atoms with Gasteiger partial charge in [-0.2, -0.15) is 0 Å². The third-order valence-electron chi connectivity index (χ3n) is 3.67. The summed E-state index contributed by atoms with van der Waals surface area (Å²) < 4.78 is 58.2. The van der Waals surface area contributed by atoms with Gasteiger partial charge in [0.2, 0.25) is 0 Å². The Balaban J connectivity index is 5.60. The first-order valence-corrected chi connectivity index (χ1v) is 16.5. The molecule has 0 heterocycles. The molecule has 190 valence electrons. The van der Waals surface area contributed by atoms with E-state index in [9.17, 15) is 0 Å². The second kappa shape index (κ2) is 21.0. The molecule has 0 atom stereocenters. The molecule has 0 aromatic heterocycles. The second-order valence-corrected chi connectivity index (χ2v) is 13.8. The molecule has 0 aliphatic carbocycles. The van der Waals surface area contributed by atoms with Gasteiger partial charge in [-0.3, -0.25) is 0 Å². The van der Waals surface area contributed by atoms with Gasteiger partial charge >= 0.3 is 192 Å². The van der Waals surface area contributed by atoms with Crippen LogP contribution in [0.15, 0.2) is 0 Å². The summed E-state index contributed by atoms with van der Waals surface area (Å²) in [5, 5.41) is 0. The van der Waals surface area contributed by atoms with Gasteiger partial charge in [-0.25, -0.2) is 0 Å². The summed E-state index contributed by atoms with van der Waals surface area (Å²) in [6, 6.07) is 0. The first kappa shape index (κ1) is 31.4. The van der Waals surface area contributed by atoms with E-state index in [-0.39, 0.29) is 33.0 Å². The third-order valence-corrected chi connectivity index (χ3v) is 12.3. The van der Waals surface area contributed by atoms with E-state index in [0.29, 0.717) is 66.1 Å². The van der Waals surface area contributed by atoms with E-state index in [1.807, 2.05) is 34.6 Å². The van der Waals surface area contributed by atoms with Crippen LogP contribution in [0.3, 0.4) is 0 Å². The monoisotopic (exact) mass is 566 g/mol. The molecule has 0 saturated heterocycles. The quantitative estimate of drug-likeness (QED) is 0.121. The molecule has 0 fully saturated rings. The Bertz CT molecular complexity index is 302. The molecule has 0 N–H and O–H groups in total. The number of ether oxygens (including phenoxy) is 5. The van der Waals surface area contributed by atoms with Crippen LogP contribution in [-0.4, -0.2) is 119 Å². The van der Waals surface area contributed by atoms with E-state index in [4.69, 9.17) is 38.8 Å². The molecule has 31 heavy (non-hydrogen) atoms. The van der Waals surface area contributed by atoms with Crippen molar-refractivity contribution < 1.29 is 38.8 Å². The fourth-order valence-electron chi connectivity index (χ4n) is 2.32. The molecule has 0 saturated carbocycles. The normalized spacial score (nSPS) is 13.4. The Morgan fingerprint density at radius 2 is 0.516 bits per heavy atom. The molecule has 0 unspecified atom stereocenters. The van der Waals surface area contributed by atoms with E-state index in [1.54, 1.807) is 0 Å². The molecule has 0 rings (SSSR count). The molecule has 0 amide bonds. The standard InChI is InChI=1S/5C4H9O2.Sb/c5*1-2-6-4-3-5;/h5*2-4H2,1H3;/q5*-1;+5. The zero-order valence-corrected chi connectivity index (χ0v) is 22.7. The summed E-state index contributed by atoms with van der Waals surface area (Å²) in [5.74, 6) is 0. The summed E-state index contributed by atoms with van der Waals surface area (Å²) in [7, 11) is 0. The molecule has 0 aromatic carbocycles. The third kappa shape index (κ3) is 15.0. The van der Waals surface area contributed by atoms with Crippen molar-refractivity contribution in [2.24, 2.45) is 0 Å². The Kier molecular flexibility index (Phi) is 21.3. The van der Waals surface area contributed by atoms with E-state index in [2.05, 4.69) is 0 Å². The second-order valence-electron chi connectivity index (χ2n) is 5.90. The SMILES string of the molecule is CCOCC[O][Sb]([O]CCOCC)([O]CCOCC)([O]CCOCC)[O]CCOCC. The first-order chi connectivity index (χ1) is 15.1. The van der Waals surface area contributed by atoms with Crippen LogP contribution in [0.1, 0.15) is 34.6 Å². The van der Waals surface area contributed by atoms with Crippen molar-refractivity contribution in [1.82, 2.24) is 0 Å². The van der Waals surface area contributed by atoms with Crippen molar-refractivity contribution in [3.8, 4) is 0 Å². The zero-order valence-electron chi connectivity index (χ0n) is 20.1. The molecular formula is C20H45O10Sb. The molecule has 0 aliphatic heterocycles. The van der Waals surface area contributed by atoms with Crippen molar-refractivity contribution in [2.45, 2.75) is 34.6 Å². The number of hydrogen-bond donors (Lipinski definition) is 0. The maximum absolute atomic E-state index is 6.21. The summed E-state index contributed by atoms with van der Waals surface area (Å²) in [6.07, 6.45) is 0. The molecule has 10 nitrogen and oxygen atoms in total. The summed E-state index contributed by atoms with van der Waals surface area (Å²) in [4.78, 5) is 0. The molecule has 11 heteroatoms. The van der Waals surface area contributed by atoms with Crippen LogP contribution in [0.5, 0.6) is 0 Å². The molecule has 0 radical (unpaired) electrons. The Hall–Kier alpha value is 0.418. The average molecular weight is 567 g/mol. The fourth-order valence-corrected chi connectivity index (χ4v) is 9.77. The van der Waals surface area contributed by atoms with E-state index in [0.717, 1.165) is 0 Å².